The van der Waals surface area contributed by atoms with Crippen LogP contribution in [0.4, 0.5) is 0 Å². The molecule has 0 saturated heterocycles. The van der Waals surface area contributed by atoms with E-state index in [9.17, 15) is 9.59 Å². The Balaban J connectivity index is 5.50. The summed E-state index contributed by atoms with van der Waals surface area (Å²) in [6, 6.07) is 0. The fourth-order valence-corrected chi connectivity index (χ4v) is 6.45. The molecule has 4 nitrogen and oxygen atoms in total. The van der Waals surface area contributed by atoms with Crippen molar-refractivity contribution in [2.45, 2.75) is 208 Å². The molecule has 43 heavy (non-hydrogen) atoms. The minimum absolute atomic E-state index is 0.147. The summed E-state index contributed by atoms with van der Waals surface area (Å²) in [6.45, 7) is 13.6. The van der Waals surface area contributed by atoms with Crippen LogP contribution in [0.15, 0.2) is 0 Å². The lowest BCUT2D eigenvalue weighted by molar-refractivity contribution is -0.137. The Bertz CT molecular complexity index is 608. The van der Waals surface area contributed by atoms with Crippen molar-refractivity contribution >= 4 is 11.8 Å². The molecule has 2 amide bonds. The van der Waals surface area contributed by atoms with E-state index in [4.69, 9.17) is 0 Å². The molecule has 0 fully saturated rings. The van der Waals surface area contributed by atoms with E-state index < -0.39 is 0 Å². The van der Waals surface area contributed by atoms with Crippen LogP contribution in [-0.4, -0.2) is 36.3 Å². The van der Waals surface area contributed by atoms with Crippen LogP contribution in [-0.2, 0) is 9.59 Å². The molecular weight excluding hydrogens is 528 g/mol. The Hall–Kier alpha value is -1.06. The number of nitrogens with zero attached hydrogens (tertiary/aromatic N) is 1. The van der Waals surface area contributed by atoms with Crippen molar-refractivity contribution in [2.75, 3.05) is 19.6 Å². The average Bonchev–Trinajstić information content (AvgIpc) is 3.00. The molecule has 1 N–H and O–H groups in total. The Morgan fingerprint density at radius 3 is 1.40 bits per heavy atom. The third-order valence-electron chi connectivity index (χ3n) is 9.29. The first kappa shape index (κ1) is 41.9. The average molecular weight is 607 g/mol. The van der Waals surface area contributed by atoms with Crippen molar-refractivity contribution < 1.29 is 9.59 Å². The van der Waals surface area contributed by atoms with E-state index in [1.165, 1.54) is 141 Å². The van der Waals surface area contributed by atoms with E-state index in [0.717, 1.165) is 38.8 Å². The predicted molar refractivity (Wildman–Crippen MR) is 190 cm³/mol. The highest BCUT2D eigenvalue weighted by Gasteiger charge is 2.26. The Morgan fingerprint density at radius 1 is 0.512 bits per heavy atom. The lowest BCUT2D eigenvalue weighted by Gasteiger charge is -2.31. The van der Waals surface area contributed by atoms with Crippen molar-refractivity contribution in [3.8, 4) is 0 Å². The minimum atomic E-state index is 0.147. The maximum atomic E-state index is 14.3. The standard InChI is InChI=1S/C39H78N2O2/c1-6-11-15-19-21-24-30-36(29-23-17-13-8-3)35-41(34-27-33-40-38(42)28-10-5)39(43)37(31-25-18-14-9-4)32-26-22-20-16-12-7-2/h36-37H,6-35H2,1-5H3,(H,40,42). The number of carbonyl (C=O) groups is 2. The van der Waals surface area contributed by atoms with Gasteiger partial charge in [-0.15, -0.1) is 0 Å². The van der Waals surface area contributed by atoms with Gasteiger partial charge in [-0.25, -0.2) is 0 Å². The fraction of sp³-hybridized carbons (Fsp3) is 0.949. The highest BCUT2D eigenvalue weighted by molar-refractivity contribution is 5.79. The number of rotatable bonds is 33. The van der Waals surface area contributed by atoms with Gasteiger partial charge in [0, 0.05) is 32.0 Å². The molecule has 0 saturated carbocycles. The molecule has 0 bridgehead atoms. The normalized spacial score (nSPS) is 12.8. The fourth-order valence-electron chi connectivity index (χ4n) is 6.45. The first-order valence-electron chi connectivity index (χ1n) is 19.6. The molecule has 0 aromatic carbocycles. The number of hydrogen-bond donors (Lipinski definition) is 1. The quantitative estimate of drug-likeness (QED) is 0.0755. The summed E-state index contributed by atoms with van der Waals surface area (Å²) < 4.78 is 0. The van der Waals surface area contributed by atoms with Crippen molar-refractivity contribution in [1.82, 2.24) is 10.2 Å². The first-order valence-corrected chi connectivity index (χ1v) is 19.6. The Kier molecular flexibility index (Phi) is 31.5. The topological polar surface area (TPSA) is 49.4 Å². The van der Waals surface area contributed by atoms with Gasteiger partial charge in [0.25, 0.3) is 0 Å². The predicted octanol–water partition coefficient (Wildman–Crippen LogP) is 11.8. The molecule has 0 aliphatic heterocycles. The number of amides is 2. The highest BCUT2D eigenvalue weighted by atomic mass is 16.2. The van der Waals surface area contributed by atoms with E-state index in [1.807, 2.05) is 0 Å². The van der Waals surface area contributed by atoms with Crippen LogP contribution in [0.25, 0.3) is 0 Å². The van der Waals surface area contributed by atoms with Gasteiger partial charge in [0.05, 0.1) is 0 Å². The van der Waals surface area contributed by atoms with Gasteiger partial charge >= 0.3 is 0 Å². The van der Waals surface area contributed by atoms with Gasteiger partial charge in [0.2, 0.25) is 11.8 Å². The molecule has 0 radical (unpaired) electrons. The summed E-state index contributed by atoms with van der Waals surface area (Å²) in [6.07, 6.45) is 32.8. The third kappa shape index (κ3) is 25.9. The van der Waals surface area contributed by atoms with Gasteiger partial charge in [-0.3, -0.25) is 9.59 Å². The lowest BCUT2D eigenvalue weighted by atomic mass is 9.90. The maximum Gasteiger partial charge on any atom is 0.225 e. The van der Waals surface area contributed by atoms with Crippen LogP contribution in [0.5, 0.6) is 0 Å². The summed E-state index contributed by atoms with van der Waals surface area (Å²) in [5, 5.41) is 3.10. The van der Waals surface area contributed by atoms with E-state index >= 15 is 0 Å². The maximum absolute atomic E-state index is 14.3. The van der Waals surface area contributed by atoms with E-state index in [1.54, 1.807) is 0 Å². The summed E-state index contributed by atoms with van der Waals surface area (Å²) in [5.74, 6) is 1.35. The van der Waals surface area contributed by atoms with E-state index in [2.05, 4.69) is 44.8 Å². The Morgan fingerprint density at radius 2 is 0.930 bits per heavy atom. The monoisotopic (exact) mass is 607 g/mol. The van der Waals surface area contributed by atoms with Crippen molar-refractivity contribution in [1.29, 1.82) is 0 Å². The van der Waals surface area contributed by atoms with Crippen LogP contribution in [0, 0.1) is 11.8 Å². The number of unbranched alkanes of at least 4 members (excludes halogenated alkanes) is 16. The van der Waals surface area contributed by atoms with E-state index in [-0.39, 0.29) is 11.8 Å². The van der Waals surface area contributed by atoms with Gasteiger partial charge in [-0.05, 0) is 44.4 Å². The summed E-state index contributed by atoms with van der Waals surface area (Å²) in [5.41, 5.74) is 0. The zero-order valence-corrected chi connectivity index (χ0v) is 30.1. The molecule has 0 heterocycles. The van der Waals surface area contributed by atoms with Gasteiger partial charge in [0.15, 0.2) is 0 Å². The molecule has 2 atom stereocenters. The highest BCUT2D eigenvalue weighted by Crippen LogP contribution is 2.25. The lowest BCUT2D eigenvalue weighted by Crippen LogP contribution is -2.41. The molecule has 2 unspecified atom stereocenters. The number of carbonyl (C=O) groups excluding carboxylic acids is 2. The molecule has 4 heteroatoms. The second-order valence-electron chi connectivity index (χ2n) is 13.6. The Labute approximate surface area is 270 Å². The van der Waals surface area contributed by atoms with E-state index in [0.29, 0.717) is 24.8 Å². The molecule has 0 rings (SSSR count). The first-order chi connectivity index (χ1) is 21.0. The van der Waals surface area contributed by atoms with Gasteiger partial charge in [0.1, 0.15) is 0 Å². The third-order valence-corrected chi connectivity index (χ3v) is 9.29. The van der Waals surface area contributed by atoms with Crippen molar-refractivity contribution in [2.24, 2.45) is 11.8 Å². The minimum Gasteiger partial charge on any atom is -0.356 e. The summed E-state index contributed by atoms with van der Waals surface area (Å²) in [7, 11) is 0. The largest absolute Gasteiger partial charge is 0.356 e. The molecule has 0 aliphatic carbocycles. The van der Waals surface area contributed by atoms with Crippen LogP contribution >= 0.6 is 0 Å². The number of hydrogen-bond acceptors (Lipinski definition) is 2. The summed E-state index contributed by atoms with van der Waals surface area (Å²) >= 11 is 0. The second kappa shape index (κ2) is 32.3. The number of nitrogens with one attached hydrogen (secondary N) is 1. The molecule has 0 aromatic heterocycles. The smallest absolute Gasteiger partial charge is 0.225 e. The zero-order valence-electron chi connectivity index (χ0n) is 30.1. The van der Waals surface area contributed by atoms with Gasteiger partial charge < -0.3 is 10.2 Å². The second-order valence-corrected chi connectivity index (χ2v) is 13.6. The molecule has 0 aromatic rings. The molecule has 0 aliphatic rings. The molecule has 256 valence electrons. The van der Waals surface area contributed by atoms with Gasteiger partial charge in [-0.2, -0.15) is 0 Å². The van der Waals surface area contributed by atoms with Crippen LogP contribution in [0.1, 0.15) is 208 Å². The van der Waals surface area contributed by atoms with Crippen molar-refractivity contribution in [3.05, 3.63) is 0 Å². The van der Waals surface area contributed by atoms with Crippen LogP contribution in [0.3, 0.4) is 0 Å². The SMILES string of the molecule is CCCCCCCCC(CCCCCC)CN(CCCNC(=O)CCC)C(=O)C(CCCCCC)CCCCCCCC. The van der Waals surface area contributed by atoms with Crippen LogP contribution in [0.2, 0.25) is 0 Å². The van der Waals surface area contributed by atoms with Gasteiger partial charge in [-0.1, -0.05) is 163 Å². The zero-order chi connectivity index (χ0) is 31.8. The molecular formula is C39H78N2O2. The van der Waals surface area contributed by atoms with Crippen LogP contribution < -0.4 is 5.32 Å². The van der Waals surface area contributed by atoms with Crippen molar-refractivity contribution in [3.63, 3.8) is 0 Å². The molecule has 0 spiro atoms. The summed E-state index contributed by atoms with van der Waals surface area (Å²) in [4.78, 5) is 28.7.